The largest absolute Gasteiger partial charge is 0.497 e. The number of nitrogens with zero attached hydrogens (tertiary/aromatic N) is 1. The highest BCUT2D eigenvalue weighted by atomic mass is 32.2. The summed E-state index contributed by atoms with van der Waals surface area (Å²) in [6.07, 6.45) is 0.485. The predicted molar refractivity (Wildman–Crippen MR) is 82.1 cm³/mol. The summed E-state index contributed by atoms with van der Waals surface area (Å²) in [6, 6.07) is 10.3. The van der Waals surface area contributed by atoms with Gasteiger partial charge in [0.05, 0.1) is 24.3 Å². The molecule has 0 spiro atoms. The topological polar surface area (TPSA) is 93.5 Å². The van der Waals surface area contributed by atoms with Gasteiger partial charge in [0.1, 0.15) is 10.6 Å². The van der Waals surface area contributed by atoms with Crippen molar-refractivity contribution in [2.45, 2.75) is 11.8 Å². The molecular formula is C16H13NO5S. The lowest BCUT2D eigenvalue weighted by Crippen LogP contribution is -2.12. The Hall–Kier alpha value is -2.85. The molecule has 2 aromatic rings. The van der Waals surface area contributed by atoms with E-state index in [-0.39, 0.29) is 16.2 Å². The Morgan fingerprint density at radius 2 is 1.91 bits per heavy atom. The number of benzene rings is 2. The molecule has 2 rings (SSSR count). The van der Waals surface area contributed by atoms with Crippen LogP contribution in [-0.4, -0.2) is 21.8 Å². The molecule has 0 saturated heterocycles. The smallest absolute Gasteiger partial charge is 0.339 e. The van der Waals surface area contributed by atoms with Crippen molar-refractivity contribution in [3.05, 3.63) is 53.1 Å². The zero-order valence-electron chi connectivity index (χ0n) is 12.4. The van der Waals surface area contributed by atoms with Crippen LogP contribution in [0.25, 0.3) is 0 Å². The van der Waals surface area contributed by atoms with E-state index in [1.165, 1.54) is 43.5 Å². The van der Waals surface area contributed by atoms with Crippen LogP contribution >= 0.6 is 0 Å². The maximum absolute atomic E-state index is 12.4. The number of aldehydes is 1. The lowest BCUT2D eigenvalue weighted by molar-refractivity contribution is 0.112. The van der Waals surface area contributed by atoms with Crippen LogP contribution < -0.4 is 8.92 Å². The molecule has 2 aromatic carbocycles. The average Bonchev–Trinajstić information content (AvgIpc) is 2.54. The van der Waals surface area contributed by atoms with Crippen LogP contribution in [-0.2, 0) is 10.1 Å². The molecule has 0 N–H and O–H groups in total. The number of methoxy groups -OCH3 is 1. The Balaban J connectivity index is 2.43. The van der Waals surface area contributed by atoms with Gasteiger partial charge in [-0.25, -0.2) is 0 Å². The third-order valence-electron chi connectivity index (χ3n) is 3.12. The van der Waals surface area contributed by atoms with Crippen molar-refractivity contribution in [2.75, 3.05) is 7.11 Å². The first-order valence-corrected chi connectivity index (χ1v) is 7.90. The number of ether oxygens (including phenoxy) is 1. The van der Waals surface area contributed by atoms with Gasteiger partial charge in [0.15, 0.2) is 12.0 Å². The summed E-state index contributed by atoms with van der Waals surface area (Å²) in [5.74, 6) is 0.316. The van der Waals surface area contributed by atoms with E-state index < -0.39 is 10.1 Å². The first-order chi connectivity index (χ1) is 10.9. The van der Waals surface area contributed by atoms with Crippen LogP contribution in [0.5, 0.6) is 11.5 Å². The molecule has 0 aromatic heterocycles. The normalized spacial score (nSPS) is 10.7. The summed E-state index contributed by atoms with van der Waals surface area (Å²) in [7, 11) is -2.70. The number of carbonyl (C=O) groups excluding carboxylic acids is 1. The van der Waals surface area contributed by atoms with Gasteiger partial charge in [0.2, 0.25) is 0 Å². The van der Waals surface area contributed by atoms with Crippen molar-refractivity contribution in [2.24, 2.45) is 0 Å². The Morgan fingerprint density at radius 1 is 1.17 bits per heavy atom. The average molecular weight is 331 g/mol. The third kappa shape index (κ3) is 3.49. The quantitative estimate of drug-likeness (QED) is 0.617. The first-order valence-electron chi connectivity index (χ1n) is 6.49. The maximum Gasteiger partial charge on any atom is 0.339 e. The molecule has 0 unspecified atom stereocenters. The van der Waals surface area contributed by atoms with Crippen LogP contribution in [0.3, 0.4) is 0 Å². The highest BCUT2D eigenvalue weighted by Gasteiger charge is 2.21. The fourth-order valence-corrected chi connectivity index (χ4v) is 3.15. The Morgan fingerprint density at radius 3 is 2.48 bits per heavy atom. The summed E-state index contributed by atoms with van der Waals surface area (Å²) in [5.41, 5.74) is 0.781. The van der Waals surface area contributed by atoms with E-state index in [1.54, 1.807) is 6.92 Å². The van der Waals surface area contributed by atoms with Crippen LogP contribution in [0.15, 0.2) is 41.3 Å². The Labute approximate surface area is 134 Å². The zero-order chi connectivity index (χ0) is 17.0. The third-order valence-corrected chi connectivity index (χ3v) is 4.51. The summed E-state index contributed by atoms with van der Waals surface area (Å²) < 4.78 is 34.8. The molecule has 0 heterocycles. The fourth-order valence-electron chi connectivity index (χ4n) is 1.98. The molecule has 0 radical (unpaired) electrons. The molecular weight excluding hydrogens is 318 g/mol. The van der Waals surface area contributed by atoms with E-state index in [9.17, 15) is 13.2 Å². The molecule has 0 aliphatic heterocycles. The molecule has 118 valence electrons. The van der Waals surface area contributed by atoms with E-state index in [4.69, 9.17) is 14.2 Å². The minimum absolute atomic E-state index is 0.0548. The summed E-state index contributed by atoms with van der Waals surface area (Å²) >= 11 is 0. The number of hydrogen-bond donors (Lipinski definition) is 0. The van der Waals surface area contributed by atoms with Gasteiger partial charge in [-0.2, -0.15) is 13.7 Å². The maximum atomic E-state index is 12.4. The van der Waals surface area contributed by atoms with Gasteiger partial charge in [-0.15, -0.1) is 0 Å². The molecule has 0 aliphatic rings. The van der Waals surface area contributed by atoms with Crippen molar-refractivity contribution in [1.29, 1.82) is 5.26 Å². The number of nitriles is 1. The van der Waals surface area contributed by atoms with Gasteiger partial charge in [-0.05, 0) is 48.9 Å². The minimum Gasteiger partial charge on any atom is -0.497 e. The highest BCUT2D eigenvalue weighted by molar-refractivity contribution is 7.87. The van der Waals surface area contributed by atoms with Gasteiger partial charge < -0.3 is 8.92 Å². The number of aryl methyl sites for hydroxylation is 1. The second-order valence-electron chi connectivity index (χ2n) is 4.65. The van der Waals surface area contributed by atoms with Crippen LogP contribution in [0, 0.1) is 18.3 Å². The fraction of sp³-hybridized carbons (Fsp3) is 0.125. The summed E-state index contributed by atoms with van der Waals surface area (Å²) in [6.45, 7) is 1.56. The standard InChI is InChI=1S/C16H13NO5S/c1-11-7-12(9-17)3-6-16(11)23(19,20)22-15-5-4-14(21-2)8-13(15)10-18/h3-8,10H,1-2H3. The first kappa shape index (κ1) is 16.5. The number of hydrogen-bond acceptors (Lipinski definition) is 6. The number of carbonyl (C=O) groups is 1. The van der Waals surface area contributed by atoms with Crippen LogP contribution in [0.4, 0.5) is 0 Å². The molecule has 0 amide bonds. The molecule has 0 bridgehead atoms. The zero-order valence-corrected chi connectivity index (χ0v) is 13.3. The van der Waals surface area contributed by atoms with Crippen LogP contribution in [0.2, 0.25) is 0 Å². The molecule has 0 fully saturated rings. The Kier molecular flexibility index (Phi) is 4.67. The molecule has 0 atom stereocenters. The molecule has 23 heavy (non-hydrogen) atoms. The molecule has 6 nitrogen and oxygen atoms in total. The lowest BCUT2D eigenvalue weighted by Gasteiger charge is -2.11. The number of rotatable bonds is 5. The van der Waals surface area contributed by atoms with Crippen molar-refractivity contribution >= 4 is 16.4 Å². The summed E-state index contributed by atoms with van der Waals surface area (Å²) in [4.78, 5) is 11.0. The van der Waals surface area contributed by atoms with Gasteiger partial charge >= 0.3 is 10.1 Å². The SMILES string of the molecule is COc1ccc(OS(=O)(=O)c2ccc(C#N)cc2C)c(C=O)c1. The second-order valence-corrected chi connectivity index (χ2v) is 6.17. The van der Waals surface area contributed by atoms with Gasteiger partial charge in [0.25, 0.3) is 0 Å². The van der Waals surface area contributed by atoms with Crippen LogP contribution in [0.1, 0.15) is 21.5 Å². The van der Waals surface area contributed by atoms with Crippen molar-refractivity contribution in [3.63, 3.8) is 0 Å². The monoisotopic (exact) mass is 331 g/mol. The van der Waals surface area contributed by atoms with Crippen molar-refractivity contribution in [3.8, 4) is 17.6 Å². The molecule has 7 heteroatoms. The Bertz CT molecular complexity index is 897. The molecule has 0 aliphatic carbocycles. The van der Waals surface area contributed by atoms with Crippen molar-refractivity contribution in [1.82, 2.24) is 0 Å². The van der Waals surface area contributed by atoms with Gasteiger partial charge in [-0.1, -0.05) is 0 Å². The van der Waals surface area contributed by atoms with E-state index >= 15 is 0 Å². The van der Waals surface area contributed by atoms with E-state index in [1.807, 2.05) is 6.07 Å². The second kappa shape index (κ2) is 6.50. The highest BCUT2D eigenvalue weighted by Crippen LogP contribution is 2.27. The summed E-state index contributed by atoms with van der Waals surface area (Å²) in [5, 5.41) is 8.83. The van der Waals surface area contributed by atoms with E-state index in [2.05, 4.69) is 0 Å². The van der Waals surface area contributed by atoms with Gasteiger partial charge in [-0.3, -0.25) is 4.79 Å². The predicted octanol–water partition coefficient (Wildman–Crippen LogP) is 2.46. The van der Waals surface area contributed by atoms with E-state index in [0.29, 0.717) is 23.2 Å². The minimum atomic E-state index is -4.13. The lowest BCUT2D eigenvalue weighted by atomic mass is 10.2. The van der Waals surface area contributed by atoms with Gasteiger partial charge in [0, 0.05) is 0 Å². The van der Waals surface area contributed by atoms with E-state index in [0.717, 1.165) is 0 Å². The molecule has 0 saturated carbocycles. The van der Waals surface area contributed by atoms with Crippen molar-refractivity contribution < 1.29 is 22.1 Å².